The van der Waals surface area contributed by atoms with E-state index < -0.39 is 0 Å². The molecule has 3 amide bonds. The number of carbonyl (C=O) groups excluding carboxylic acids is 2. The van der Waals surface area contributed by atoms with Gasteiger partial charge in [0.15, 0.2) is 0 Å². The van der Waals surface area contributed by atoms with Crippen LogP contribution in [0.4, 0.5) is 4.79 Å². The summed E-state index contributed by atoms with van der Waals surface area (Å²) < 4.78 is 0. The molecule has 2 aromatic carbocycles. The van der Waals surface area contributed by atoms with Crippen LogP contribution in [0.15, 0.2) is 60.7 Å². The number of rotatable bonds is 7. The number of nitrogens with zero attached hydrogens (tertiary/aromatic N) is 2. The second-order valence-electron chi connectivity index (χ2n) is 7.36. The van der Waals surface area contributed by atoms with E-state index in [1.165, 1.54) is 5.56 Å². The summed E-state index contributed by atoms with van der Waals surface area (Å²) in [5, 5.41) is 3.16. The quantitative estimate of drug-likeness (QED) is 0.799. The van der Waals surface area contributed by atoms with Gasteiger partial charge in [-0.1, -0.05) is 60.7 Å². The van der Waals surface area contributed by atoms with Crippen molar-refractivity contribution in [2.75, 3.05) is 26.7 Å². The Balaban J connectivity index is 1.60. The molecule has 1 heterocycles. The zero-order chi connectivity index (χ0) is 19.8. The van der Waals surface area contributed by atoms with Gasteiger partial charge < -0.3 is 15.1 Å². The monoisotopic (exact) mass is 379 g/mol. The lowest BCUT2D eigenvalue weighted by atomic mass is 9.99. The normalized spacial score (nSPS) is 15.2. The van der Waals surface area contributed by atoms with Gasteiger partial charge in [0.25, 0.3) is 0 Å². The smallest absolute Gasteiger partial charge is 0.317 e. The Bertz CT molecular complexity index is 764. The first-order valence-electron chi connectivity index (χ1n) is 10.0. The molecule has 0 radical (unpaired) electrons. The molecule has 1 saturated heterocycles. The lowest BCUT2D eigenvalue weighted by Crippen LogP contribution is -2.45. The largest absolute Gasteiger partial charge is 0.341 e. The van der Waals surface area contributed by atoms with Crippen molar-refractivity contribution < 1.29 is 9.59 Å². The fourth-order valence-corrected chi connectivity index (χ4v) is 3.52. The molecule has 1 fully saturated rings. The summed E-state index contributed by atoms with van der Waals surface area (Å²) in [5.41, 5.74) is 2.26. The molecule has 1 atom stereocenters. The van der Waals surface area contributed by atoms with Crippen LogP contribution in [-0.4, -0.2) is 48.4 Å². The van der Waals surface area contributed by atoms with Crippen molar-refractivity contribution >= 4 is 11.9 Å². The second kappa shape index (κ2) is 9.93. The van der Waals surface area contributed by atoms with Crippen LogP contribution >= 0.6 is 0 Å². The van der Waals surface area contributed by atoms with Gasteiger partial charge in [0, 0.05) is 33.1 Å². The predicted octanol–water partition coefficient (Wildman–Crippen LogP) is 3.62. The highest BCUT2D eigenvalue weighted by atomic mass is 16.2. The molecule has 5 nitrogen and oxygen atoms in total. The molecular weight excluding hydrogens is 350 g/mol. The molecule has 0 unspecified atom stereocenters. The fourth-order valence-electron chi connectivity index (χ4n) is 3.52. The zero-order valence-electron chi connectivity index (χ0n) is 16.5. The highest BCUT2D eigenvalue weighted by Crippen LogP contribution is 2.19. The van der Waals surface area contributed by atoms with Crippen LogP contribution in [0.5, 0.6) is 0 Å². The van der Waals surface area contributed by atoms with Crippen LogP contribution in [0, 0.1) is 0 Å². The topological polar surface area (TPSA) is 52.7 Å². The zero-order valence-corrected chi connectivity index (χ0v) is 16.5. The Kier molecular flexibility index (Phi) is 7.06. The standard InChI is InChI=1S/C23H29N3O2/c1-25(16-17-26-15-9-8-14-22(26)27)23(28)24-21(20-12-6-3-7-13-20)18-19-10-4-2-5-11-19/h2-7,10-13,21H,8-9,14-18H2,1H3,(H,24,28)/t21-/m0/s1. The third-order valence-electron chi connectivity index (χ3n) is 5.26. The number of carbonyl (C=O) groups is 2. The number of likely N-dealkylation sites (tertiary alicyclic amines) is 1. The molecule has 5 heteroatoms. The van der Waals surface area contributed by atoms with Gasteiger partial charge in [0.1, 0.15) is 0 Å². The summed E-state index contributed by atoms with van der Waals surface area (Å²) in [6.07, 6.45) is 3.39. The Labute approximate surface area is 167 Å². The molecule has 1 N–H and O–H groups in total. The van der Waals surface area contributed by atoms with Gasteiger partial charge in [-0.15, -0.1) is 0 Å². The molecule has 1 aliphatic rings. The van der Waals surface area contributed by atoms with E-state index in [1.807, 2.05) is 53.4 Å². The van der Waals surface area contributed by atoms with E-state index in [0.717, 1.165) is 31.4 Å². The first-order chi connectivity index (χ1) is 13.6. The molecule has 2 aromatic rings. The highest BCUT2D eigenvalue weighted by Gasteiger charge is 2.21. The highest BCUT2D eigenvalue weighted by molar-refractivity contribution is 5.77. The maximum absolute atomic E-state index is 12.8. The molecular formula is C23H29N3O2. The summed E-state index contributed by atoms with van der Waals surface area (Å²) in [4.78, 5) is 28.3. The van der Waals surface area contributed by atoms with Crippen LogP contribution in [0.3, 0.4) is 0 Å². The Morgan fingerprint density at radius 2 is 1.75 bits per heavy atom. The number of urea groups is 1. The first kappa shape index (κ1) is 19.9. The summed E-state index contributed by atoms with van der Waals surface area (Å²) in [6, 6.07) is 20.0. The minimum atomic E-state index is -0.116. The average Bonchev–Trinajstić information content (AvgIpc) is 2.74. The summed E-state index contributed by atoms with van der Waals surface area (Å²) >= 11 is 0. The fraction of sp³-hybridized carbons (Fsp3) is 0.391. The lowest BCUT2D eigenvalue weighted by Gasteiger charge is -2.29. The van der Waals surface area contributed by atoms with Crippen LogP contribution in [-0.2, 0) is 11.2 Å². The molecule has 0 aromatic heterocycles. The van der Waals surface area contributed by atoms with Crippen molar-refractivity contribution in [3.8, 4) is 0 Å². The van der Waals surface area contributed by atoms with Crippen LogP contribution < -0.4 is 5.32 Å². The second-order valence-corrected chi connectivity index (χ2v) is 7.36. The Morgan fingerprint density at radius 3 is 2.43 bits per heavy atom. The van der Waals surface area contributed by atoms with Crippen molar-refractivity contribution in [3.63, 3.8) is 0 Å². The van der Waals surface area contributed by atoms with Crippen LogP contribution in [0.1, 0.15) is 36.4 Å². The minimum absolute atomic E-state index is 0.102. The number of amides is 3. The molecule has 3 rings (SSSR count). The third kappa shape index (κ3) is 5.59. The van der Waals surface area contributed by atoms with E-state index in [4.69, 9.17) is 0 Å². The molecule has 0 saturated carbocycles. The number of hydrogen-bond donors (Lipinski definition) is 1. The Hall–Kier alpha value is -2.82. The van der Waals surface area contributed by atoms with Gasteiger partial charge in [-0.2, -0.15) is 0 Å². The van der Waals surface area contributed by atoms with Crippen molar-refractivity contribution in [2.45, 2.75) is 31.7 Å². The van der Waals surface area contributed by atoms with Crippen molar-refractivity contribution in [1.29, 1.82) is 0 Å². The number of nitrogens with one attached hydrogen (secondary N) is 1. The molecule has 0 spiro atoms. The lowest BCUT2D eigenvalue weighted by molar-refractivity contribution is -0.133. The van der Waals surface area contributed by atoms with Gasteiger partial charge >= 0.3 is 6.03 Å². The van der Waals surface area contributed by atoms with E-state index in [2.05, 4.69) is 17.4 Å². The number of hydrogen-bond acceptors (Lipinski definition) is 2. The molecule has 0 bridgehead atoms. The summed E-state index contributed by atoms with van der Waals surface area (Å²) in [7, 11) is 1.79. The van der Waals surface area contributed by atoms with E-state index in [1.54, 1.807) is 11.9 Å². The van der Waals surface area contributed by atoms with Crippen LogP contribution in [0.25, 0.3) is 0 Å². The van der Waals surface area contributed by atoms with Crippen LogP contribution in [0.2, 0.25) is 0 Å². The molecule has 1 aliphatic heterocycles. The molecule has 28 heavy (non-hydrogen) atoms. The summed E-state index contributed by atoms with van der Waals surface area (Å²) in [6.45, 7) is 1.93. The number of likely N-dealkylation sites (N-methyl/N-ethyl adjacent to an activating group) is 1. The van der Waals surface area contributed by atoms with Gasteiger partial charge in [-0.05, 0) is 30.4 Å². The van der Waals surface area contributed by atoms with Gasteiger partial charge in [-0.25, -0.2) is 4.79 Å². The van der Waals surface area contributed by atoms with E-state index in [0.29, 0.717) is 19.5 Å². The van der Waals surface area contributed by atoms with E-state index in [-0.39, 0.29) is 18.0 Å². The maximum Gasteiger partial charge on any atom is 0.317 e. The average molecular weight is 380 g/mol. The maximum atomic E-state index is 12.8. The first-order valence-corrected chi connectivity index (χ1v) is 10.0. The van der Waals surface area contributed by atoms with Gasteiger partial charge in [0.2, 0.25) is 5.91 Å². The number of piperidine rings is 1. The minimum Gasteiger partial charge on any atom is -0.341 e. The van der Waals surface area contributed by atoms with Gasteiger partial charge in [0.05, 0.1) is 6.04 Å². The molecule has 0 aliphatic carbocycles. The predicted molar refractivity (Wildman–Crippen MR) is 111 cm³/mol. The van der Waals surface area contributed by atoms with Crippen molar-refractivity contribution in [2.24, 2.45) is 0 Å². The number of benzene rings is 2. The van der Waals surface area contributed by atoms with E-state index in [9.17, 15) is 9.59 Å². The molecule has 148 valence electrons. The van der Waals surface area contributed by atoms with E-state index >= 15 is 0 Å². The van der Waals surface area contributed by atoms with Gasteiger partial charge in [-0.3, -0.25) is 4.79 Å². The Morgan fingerprint density at radius 1 is 1.07 bits per heavy atom. The summed E-state index contributed by atoms with van der Waals surface area (Å²) in [5.74, 6) is 0.200. The third-order valence-corrected chi connectivity index (χ3v) is 5.26. The SMILES string of the molecule is CN(CCN1CCCCC1=O)C(=O)N[C@@H](Cc1ccccc1)c1ccccc1. The van der Waals surface area contributed by atoms with Crippen molar-refractivity contribution in [3.05, 3.63) is 71.8 Å². The van der Waals surface area contributed by atoms with Crippen molar-refractivity contribution in [1.82, 2.24) is 15.1 Å².